The van der Waals surface area contributed by atoms with Gasteiger partial charge in [0.1, 0.15) is 0 Å². The van der Waals surface area contributed by atoms with Gasteiger partial charge in [-0.05, 0) is 26.2 Å². The van der Waals surface area contributed by atoms with E-state index in [0.29, 0.717) is 0 Å². The number of rotatable bonds is 10. The van der Waals surface area contributed by atoms with Crippen molar-refractivity contribution >= 4 is 11.9 Å². The summed E-state index contributed by atoms with van der Waals surface area (Å²) in [5.41, 5.74) is -2.71. The zero-order valence-electron chi connectivity index (χ0n) is 16.5. The number of carbonyl (C=O) groups excluding carboxylic acids is 2. The molecule has 0 radical (unpaired) electrons. The predicted octanol–water partition coefficient (Wildman–Crippen LogP) is 5.25. The fourth-order valence-corrected chi connectivity index (χ4v) is 2.92. The Balaban J connectivity index is 3.36. The molecule has 194 valence electrons. The van der Waals surface area contributed by atoms with Gasteiger partial charge < -0.3 is 9.47 Å². The van der Waals surface area contributed by atoms with E-state index >= 15 is 0 Å². The molecule has 0 bridgehead atoms. The number of ether oxygens (including phenoxy) is 2. The van der Waals surface area contributed by atoms with E-state index < -0.39 is 85.1 Å². The lowest BCUT2D eigenvalue weighted by molar-refractivity contribution is -0.440. The molecular formula is C16H15F13O4. The molecule has 0 spiro atoms. The van der Waals surface area contributed by atoms with Crippen LogP contribution >= 0.6 is 0 Å². The van der Waals surface area contributed by atoms with Crippen LogP contribution in [0.5, 0.6) is 0 Å². The lowest BCUT2D eigenvalue weighted by Crippen LogP contribution is -2.70. The summed E-state index contributed by atoms with van der Waals surface area (Å²) < 4.78 is 180. The number of carbonyl (C=O) groups is 2. The van der Waals surface area contributed by atoms with Crippen molar-refractivity contribution in [1.29, 1.82) is 0 Å². The van der Waals surface area contributed by atoms with Crippen molar-refractivity contribution in [2.75, 3.05) is 13.2 Å². The molecule has 1 saturated carbocycles. The summed E-state index contributed by atoms with van der Waals surface area (Å²) in [6, 6.07) is 0. The molecule has 1 aliphatic carbocycles. The highest BCUT2D eigenvalue weighted by Crippen LogP contribution is 2.64. The first-order valence-electron chi connectivity index (χ1n) is 8.83. The van der Waals surface area contributed by atoms with Crippen LogP contribution in [0.25, 0.3) is 0 Å². The second kappa shape index (κ2) is 8.36. The van der Waals surface area contributed by atoms with E-state index in [0.717, 1.165) is 0 Å². The van der Waals surface area contributed by atoms with E-state index in [1.54, 1.807) is 0 Å². The number of hydrogen-bond acceptors (Lipinski definition) is 4. The van der Waals surface area contributed by atoms with Gasteiger partial charge in [-0.15, -0.1) is 0 Å². The Morgan fingerprint density at radius 1 is 0.697 bits per heavy atom. The highest BCUT2D eigenvalue weighted by atomic mass is 19.4. The maximum atomic E-state index is 14.1. The van der Waals surface area contributed by atoms with E-state index in [1.807, 2.05) is 0 Å². The minimum absolute atomic E-state index is 0.476. The third-order valence-electron chi connectivity index (χ3n) is 4.89. The Bertz CT molecular complexity index is 742. The number of hydrogen-bond donors (Lipinski definition) is 0. The Morgan fingerprint density at radius 3 is 1.39 bits per heavy atom. The largest absolute Gasteiger partial charge is 0.465 e. The average molecular weight is 518 g/mol. The summed E-state index contributed by atoms with van der Waals surface area (Å²) in [4.78, 5) is 23.9. The van der Waals surface area contributed by atoms with Gasteiger partial charge in [0.15, 0.2) is 5.41 Å². The standard InChI is InChI=1S/C16H15F13O4/c1-3-32-8(30)10(9(31)33-4-2)5-7(10)6-11(17,18)12(19,20)13(21,22)14(23,24)15(25,26)16(27,28)29/h7H,3-6H2,1-2H3. The second-order valence-corrected chi connectivity index (χ2v) is 7.02. The molecule has 4 nitrogen and oxygen atoms in total. The third kappa shape index (κ3) is 4.19. The lowest BCUT2D eigenvalue weighted by atomic mass is 9.90. The van der Waals surface area contributed by atoms with Crippen molar-refractivity contribution < 1.29 is 76.1 Å². The summed E-state index contributed by atoms with van der Waals surface area (Å²) in [5.74, 6) is -43.2. The van der Waals surface area contributed by atoms with Crippen LogP contribution < -0.4 is 0 Å². The van der Waals surface area contributed by atoms with Crippen molar-refractivity contribution in [1.82, 2.24) is 0 Å². The van der Waals surface area contributed by atoms with Crippen LogP contribution in [0.15, 0.2) is 0 Å². The molecule has 1 fully saturated rings. The molecular weight excluding hydrogens is 503 g/mol. The zero-order chi connectivity index (χ0) is 26.5. The van der Waals surface area contributed by atoms with Gasteiger partial charge >= 0.3 is 47.7 Å². The molecule has 0 saturated heterocycles. The van der Waals surface area contributed by atoms with E-state index in [2.05, 4.69) is 9.47 Å². The van der Waals surface area contributed by atoms with Crippen LogP contribution in [0.1, 0.15) is 26.7 Å². The van der Waals surface area contributed by atoms with Crippen molar-refractivity contribution in [2.45, 2.75) is 62.5 Å². The van der Waals surface area contributed by atoms with E-state index in [4.69, 9.17) is 0 Å². The Morgan fingerprint density at radius 2 is 1.06 bits per heavy atom. The molecule has 17 heteroatoms. The smallest absolute Gasteiger partial charge is 0.460 e. The van der Waals surface area contributed by atoms with Crippen LogP contribution in [0, 0.1) is 11.3 Å². The molecule has 0 aromatic rings. The molecule has 0 aliphatic heterocycles. The molecule has 1 aliphatic rings. The fraction of sp³-hybridized carbons (Fsp3) is 0.875. The summed E-state index contributed by atoms with van der Waals surface area (Å²) in [7, 11) is 0. The van der Waals surface area contributed by atoms with Gasteiger partial charge in [0.2, 0.25) is 0 Å². The van der Waals surface area contributed by atoms with Gasteiger partial charge in [-0.3, -0.25) is 9.59 Å². The van der Waals surface area contributed by atoms with Crippen molar-refractivity contribution in [3.05, 3.63) is 0 Å². The maximum absolute atomic E-state index is 14.1. The summed E-state index contributed by atoms with van der Waals surface area (Å²) in [6.07, 6.45) is -11.2. The average Bonchev–Trinajstić information content (AvgIpc) is 3.34. The van der Waals surface area contributed by atoms with E-state index in [-0.39, 0.29) is 0 Å². The molecule has 0 aromatic carbocycles. The van der Waals surface area contributed by atoms with Crippen LogP contribution in [0.3, 0.4) is 0 Å². The van der Waals surface area contributed by atoms with Crippen LogP contribution in [-0.2, 0) is 19.1 Å². The fourth-order valence-electron chi connectivity index (χ4n) is 2.92. The molecule has 1 rings (SSSR count). The van der Waals surface area contributed by atoms with Gasteiger partial charge in [-0.2, -0.15) is 57.1 Å². The SMILES string of the molecule is CCOC(=O)C1(C(=O)OCC)CC1CC(F)(F)C(F)(F)C(F)(F)C(F)(F)C(F)(F)C(F)(F)F. The Labute approximate surface area is 176 Å². The summed E-state index contributed by atoms with van der Waals surface area (Å²) in [5, 5.41) is 0. The number of esters is 2. The van der Waals surface area contributed by atoms with Gasteiger partial charge in [-0.1, -0.05) is 0 Å². The third-order valence-corrected chi connectivity index (χ3v) is 4.89. The zero-order valence-corrected chi connectivity index (χ0v) is 16.5. The predicted molar refractivity (Wildman–Crippen MR) is 79.2 cm³/mol. The van der Waals surface area contributed by atoms with Gasteiger partial charge in [0, 0.05) is 6.42 Å². The number of alkyl halides is 13. The summed E-state index contributed by atoms with van der Waals surface area (Å²) in [6.45, 7) is 1.38. The first-order valence-corrected chi connectivity index (χ1v) is 8.83. The normalized spacial score (nSPS) is 19.8. The maximum Gasteiger partial charge on any atom is 0.460 e. The monoisotopic (exact) mass is 518 g/mol. The first-order chi connectivity index (χ1) is 14.5. The first kappa shape index (κ1) is 29.1. The van der Waals surface area contributed by atoms with Crippen molar-refractivity contribution in [2.24, 2.45) is 11.3 Å². The molecule has 0 N–H and O–H groups in total. The molecule has 1 atom stereocenters. The van der Waals surface area contributed by atoms with Crippen molar-refractivity contribution in [3.63, 3.8) is 0 Å². The molecule has 0 heterocycles. The van der Waals surface area contributed by atoms with Crippen molar-refractivity contribution in [3.8, 4) is 0 Å². The molecule has 0 aromatic heterocycles. The van der Waals surface area contributed by atoms with Crippen LogP contribution in [-0.4, -0.2) is 60.9 Å². The molecule has 1 unspecified atom stereocenters. The highest BCUT2D eigenvalue weighted by Gasteiger charge is 2.91. The molecule has 33 heavy (non-hydrogen) atoms. The Kier molecular flexibility index (Phi) is 7.36. The minimum Gasteiger partial charge on any atom is -0.465 e. The second-order valence-electron chi connectivity index (χ2n) is 7.02. The van der Waals surface area contributed by atoms with Gasteiger partial charge in [0.25, 0.3) is 0 Å². The van der Waals surface area contributed by atoms with Gasteiger partial charge in [-0.25, -0.2) is 0 Å². The van der Waals surface area contributed by atoms with Gasteiger partial charge in [0.05, 0.1) is 13.2 Å². The van der Waals surface area contributed by atoms with E-state index in [9.17, 15) is 66.7 Å². The topological polar surface area (TPSA) is 52.6 Å². The quantitative estimate of drug-likeness (QED) is 0.225. The minimum atomic E-state index is -8.02. The molecule has 0 amide bonds. The van der Waals surface area contributed by atoms with Crippen LogP contribution in [0.2, 0.25) is 0 Å². The van der Waals surface area contributed by atoms with Crippen LogP contribution in [0.4, 0.5) is 57.1 Å². The highest BCUT2D eigenvalue weighted by molar-refractivity contribution is 6.03. The van der Waals surface area contributed by atoms with E-state index in [1.165, 1.54) is 13.8 Å². The Hall–Kier alpha value is -1.97. The lowest BCUT2D eigenvalue weighted by Gasteiger charge is -2.39. The summed E-state index contributed by atoms with van der Waals surface area (Å²) >= 11 is 0. The number of halogens is 13.